The number of alkyl halides is 2. The average molecular weight is 411 g/mol. The maximum atomic E-state index is 14.7. The SMILES string of the molecule is CCOP(=O)(OCC)C(F)(F)C1=NC(Cn2cc(C)c(=O)[nH]c2=O)CS1. The van der Waals surface area contributed by atoms with Crippen molar-refractivity contribution in [2.75, 3.05) is 19.0 Å². The minimum absolute atomic E-state index is 0.0105. The third-order valence-corrected chi connectivity index (χ3v) is 6.94. The highest BCUT2D eigenvalue weighted by Crippen LogP contribution is 2.64. The zero-order valence-corrected chi connectivity index (χ0v) is 16.2. The summed E-state index contributed by atoms with van der Waals surface area (Å²) in [6, 6.07) is -0.638. The van der Waals surface area contributed by atoms with Gasteiger partial charge in [0.25, 0.3) is 5.56 Å². The number of rotatable bonds is 8. The zero-order valence-electron chi connectivity index (χ0n) is 14.5. The number of nitrogens with one attached hydrogen (secondary N) is 1. The summed E-state index contributed by atoms with van der Waals surface area (Å²) in [4.78, 5) is 29.3. The molecule has 2 rings (SSSR count). The Balaban J connectivity index is 2.25. The number of aryl methyl sites for hydroxylation is 1. The molecule has 1 aliphatic heterocycles. The molecule has 0 spiro atoms. The van der Waals surface area contributed by atoms with Gasteiger partial charge >= 0.3 is 18.9 Å². The van der Waals surface area contributed by atoms with Crippen molar-refractivity contribution in [3.05, 3.63) is 32.6 Å². The lowest BCUT2D eigenvalue weighted by molar-refractivity contribution is 0.0968. The Bertz CT molecular complexity index is 844. The summed E-state index contributed by atoms with van der Waals surface area (Å²) < 4.78 is 52.5. The lowest BCUT2D eigenvalue weighted by Gasteiger charge is -2.25. The van der Waals surface area contributed by atoms with Crippen molar-refractivity contribution in [1.82, 2.24) is 9.55 Å². The second kappa shape index (κ2) is 8.16. The molecule has 12 heteroatoms. The standard InChI is InChI=1S/C14H20F2N3O5PS/c1-4-23-25(22,24-5-2)14(15,16)12-17-10(8-26-12)7-19-6-9(3)11(20)18-13(19)21/h6,10H,4-5,7-8H2,1-3H3,(H,18,20,21). The van der Waals surface area contributed by atoms with Crippen molar-refractivity contribution in [1.29, 1.82) is 0 Å². The van der Waals surface area contributed by atoms with E-state index in [-0.39, 0.29) is 25.5 Å². The van der Waals surface area contributed by atoms with E-state index >= 15 is 0 Å². The zero-order chi connectivity index (χ0) is 19.5. The van der Waals surface area contributed by atoms with Crippen LogP contribution in [0.5, 0.6) is 0 Å². The fourth-order valence-corrected chi connectivity index (χ4v) is 5.14. The van der Waals surface area contributed by atoms with Crippen molar-refractivity contribution in [2.45, 2.75) is 39.0 Å². The van der Waals surface area contributed by atoms with Gasteiger partial charge in [0.05, 0.1) is 25.8 Å². The molecule has 146 valence electrons. The number of hydrogen-bond acceptors (Lipinski definition) is 7. The van der Waals surface area contributed by atoms with Crippen LogP contribution in [0.4, 0.5) is 8.78 Å². The Morgan fingerprint density at radius 3 is 2.58 bits per heavy atom. The first-order valence-electron chi connectivity index (χ1n) is 7.93. The van der Waals surface area contributed by atoms with Gasteiger partial charge in [0.2, 0.25) is 0 Å². The van der Waals surface area contributed by atoms with Crippen molar-refractivity contribution < 1.29 is 22.4 Å². The van der Waals surface area contributed by atoms with Crippen LogP contribution in [0.2, 0.25) is 0 Å². The minimum atomic E-state index is -4.71. The lowest BCUT2D eigenvalue weighted by Crippen LogP contribution is -2.33. The highest BCUT2D eigenvalue weighted by molar-refractivity contribution is 8.15. The Hall–Kier alpha value is -1.29. The van der Waals surface area contributed by atoms with Crippen LogP contribution in [0.25, 0.3) is 0 Å². The maximum Gasteiger partial charge on any atom is 0.406 e. The second-order valence-electron chi connectivity index (χ2n) is 5.50. The van der Waals surface area contributed by atoms with E-state index in [1.165, 1.54) is 31.5 Å². The largest absolute Gasteiger partial charge is 0.406 e. The fraction of sp³-hybridized carbons (Fsp3) is 0.643. The van der Waals surface area contributed by atoms with Crippen LogP contribution in [-0.2, 0) is 20.2 Å². The number of hydrogen-bond donors (Lipinski definition) is 1. The molecule has 8 nitrogen and oxygen atoms in total. The van der Waals surface area contributed by atoms with Gasteiger partial charge in [-0.2, -0.15) is 8.78 Å². The van der Waals surface area contributed by atoms with Crippen LogP contribution >= 0.6 is 19.4 Å². The number of H-pyrrole nitrogens is 1. The molecular formula is C14H20F2N3O5PS. The van der Waals surface area contributed by atoms with Crippen LogP contribution in [0.1, 0.15) is 19.4 Å². The van der Waals surface area contributed by atoms with Crippen LogP contribution < -0.4 is 11.2 Å². The van der Waals surface area contributed by atoms with Crippen LogP contribution in [-0.4, -0.2) is 45.3 Å². The van der Waals surface area contributed by atoms with Gasteiger partial charge in [0.15, 0.2) is 5.04 Å². The van der Waals surface area contributed by atoms with Gasteiger partial charge in [-0.25, -0.2) is 4.79 Å². The molecule has 0 aliphatic carbocycles. The normalized spacial score (nSPS) is 18.2. The number of halogens is 2. The first-order valence-corrected chi connectivity index (χ1v) is 10.5. The lowest BCUT2D eigenvalue weighted by atomic mass is 10.3. The Morgan fingerprint density at radius 2 is 2.00 bits per heavy atom. The van der Waals surface area contributed by atoms with E-state index < -0.39 is 35.6 Å². The third kappa shape index (κ3) is 4.16. The highest BCUT2D eigenvalue weighted by Gasteiger charge is 2.58. The van der Waals surface area contributed by atoms with Crippen molar-refractivity contribution in [2.24, 2.45) is 4.99 Å². The van der Waals surface area contributed by atoms with Crippen molar-refractivity contribution in [3.8, 4) is 0 Å². The summed E-state index contributed by atoms with van der Waals surface area (Å²) in [7, 11) is -4.71. The molecule has 0 saturated heterocycles. The number of aromatic amines is 1. The molecule has 1 aromatic heterocycles. The Morgan fingerprint density at radius 1 is 1.38 bits per heavy atom. The molecule has 0 amide bonds. The Kier molecular flexibility index (Phi) is 6.60. The predicted octanol–water partition coefficient (Wildman–Crippen LogP) is 2.22. The van der Waals surface area contributed by atoms with Crippen molar-refractivity contribution in [3.63, 3.8) is 0 Å². The highest BCUT2D eigenvalue weighted by atomic mass is 32.2. The minimum Gasteiger partial charge on any atom is -0.304 e. The average Bonchev–Trinajstić information content (AvgIpc) is 3.02. The van der Waals surface area contributed by atoms with Gasteiger partial charge in [-0.15, -0.1) is 11.8 Å². The molecule has 0 radical (unpaired) electrons. The van der Waals surface area contributed by atoms with Crippen LogP contribution in [0, 0.1) is 6.92 Å². The van der Waals surface area contributed by atoms with Crippen molar-refractivity contribution >= 4 is 24.4 Å². The van der Waals surface area contributed by atoms with Gasteiger partial charge in [0, 0.05) is 17.5 Å². The third-order valence-electron chi connectivity index (χ3n) is 3.51. The molecule has 0 fully saturated rings. The molecule has 0 aromatic carbocycles. The van der Waals surface area contributed by atoms with E-state index in [0.717, 1.165) is 11.8 Å². The van der Waals surface area contributed by atoms with E-state index in [4.69, 9.17) is 9.05 Å². The molecule has 1 aliphatic rings. The monoisotopic (exact) mass is 411 g/mol. The van der Waals surface area contributed by atoms with Gasteiger partial charge in [-0.3, -0.25) is 23.9 Å². The van der Waals surface area contributed by atoms with Gasteiger partial charge in [-0.05, 0) is 20.8 Å². The number of thioether (sulfide) groups is 1. The second-order valence-corrected chi connectivity index (χ2v) is 8.58. The fourth-order valence-electron chi connectivity index (χ4n) is 2.31. The molecule has 26 heavy (non-hydrogen) atoms. The molecular weight excluding hydrogens is 391 g/mol. The van der Waals surface area contributed by atoms with E-state index in [1.54, 1.807) is 0 Å². The van der Waals surface area contributed by atoms with E-state index in [2.05, 4.69) is 9.98 Å². The number of aliphatic imine (C=N–C) groups is 1. The molecule has 1 aromatic rings. The van der Waals surface area contributed by atoms with E-state index in [1.807, 2.05) is 0 Å². The maximum absolute atomic E-state index is 14.7. The summed E-state index contributed by atoms with van der Waals surface area (Å²) >= 11 is 0.749. The number of nitrogens with zero attached hydrogens (tertiary/aromatic N) is 2. The molecule has 0 bridgehead atoms. The molecule has 1 atom stereocenters. The molecule has 1 N–H and O–H groups in total. The van der Waals surface area contributed by atoms with Gasteiger partial charge < -0.3 is 9.05 Å². The van der Waals surface area contributed by atoms with E-state index in [0.29, 0.717) is 5.56 Å². The summed E-state index contributed by atoms with van der Waals surface area (Å²) in [5.74, 6) is 0.174. The summed E-state index contributed by atoms with van der Waals surface area (Å²) in [6.45, 7) is 4.04. The van der Waals surface area contributed by atoms with Gasteiger partial charge in [0.1, 0.15) is 0 Å². The summed E-state index contributed by atoms with van der Waals surface area (Å²) in [5, 5.41) is -0.637. The first kappa shape index (κ1) is 21.0. The summed E-state index contributed by atoms with van der Waals surface area (Å²) in [5.41, 5.74) is -4.70. The molecule has 2 heterocycles. The van der Waals surface area contributed by atoms with E-state index in [9.17, 15) is 22.9 Å². The van der Waals surface area contributed by atoms with Crippen LogP contribution in [0.15, 0.2) is 20.8 Å². The molecule has 1 unspecified atom stereocenters. The first-order chi connectivity index (χ1) is 12.1. The summed E-state index contributed by atoms with van der Waals surface area (Å²) in [6.07, 6.45) is 1.35. The smallest absolute Gasteiger partial charge is 0.304 e. The quantitative estimate of drug-likeness (QED) is 0.658. The predicted molar refractivity (Wildman–Crippen MR) is 95.5 cm³/mol. The topological polar surface area (TPSA) is 103 Å². The van der Waals surface area contributed by atoms with Crippen LogP contribution in [0.3, 0.4) is 0 Å². The molecule has 0 saturated carbocycles. The van der Waals surface area contributed by atoms with Gasteiger partial charge in [-0.1, -0.05) is 0 Å². The Labute approximate surface area is 152 Å². The number of aromatic nitrogens is 2.